The fraction of sp³-hybridized carbons (Fsp3) is 0.545. The van der Waals surface area contributed by atoms with Crippen LogP contribution < -0.4 is 10.2 Å². The van der Waals surface area contributed by atoms with Crippen molar-refractivity contribution in [2.45, 2.75) is 27.7 Å². The second-order valence-electron chi connectivity index (χ2n) is 2.85. The van der Waals surface area contributed by atoms with Crippen LogP contribution in [0.4, 0.5) is 0 Å². The number of rotatable bonds is 0. The molecule has 1 aromatic carbocycles. The van der Waals surface area contributed by atoms with E-state index >= 15 is 0 Å². The molecule has 0 bridgehead atoms. The molecule has 0 saturated heterocycles. The van der Waals surface area contributed by atoms with E-state index in [1.165, 1.54) is 22.3 Å². The SMILES string of the molecule is C[O-].C[O-].Cc1[cH-]c(C)c(C)c1C.O=[P]#[Zr]. The zero-order valence-corrected chi connectivity index (χ0v) is 14.1. The van der Waals surface area contributed by atoms with Crippen LogP contribution >= 0.6 is 5.05 Å². The predicted molar refractivity (Wildman–Crippen MR) is 60.4 cm³/mol. The van der Waals surface area contributed by atoms with E-state index in [4.69, 9.17) is 14.8 Å². The monoisotopic (exact) mass is 320 g/mol. The molecule has 0 fully saturated rings. The minimum absolute atomic E-state index is 0.257. The van der Waals surface area contributed by atoms with E-state index in [-0.39, 0.29) is 5.05 Å². The molecule has 0 radical (unpaired) electrons. The Morgan fingerprint density at radius 3 is 1.19 bits per heavy atom. The first-order valence-corrected chi connectivity index (χ1v) is 8.66. The van der Waals surface area contributed by atoms with Crippen molar-refractivity contribution in [1.29, 1.82) is 0 Å². The quantitative estimate of drug-likeness (QED) is 0.535. The van der Waals surface area contributed by atoms with Gasteiger partial charge in [-0.1, -0.05) is 27.7 Å². The Morgan fingerprint density at radius 2 is 1.12 bits per heavy atom. The molecule has 0 heterocycles. The Bertz CT molecular complexity index is 322. The number of hydrogen-bond donors (Lipinski definition) is 0. The van der Waals surface area contributed by atoms with Gasteiger partial charge in [-0.25, -0.2) is 0 Å². The number of aryl methyl sites for hydroxylation is 2. The van der Waals surface area contributed by atoms with Gasteiger partial charge in [-0.15, -0.1) is 0 Å². The average molecular weight is 321 g/mol. The second kappa shape index (κ2) is 15.4. The molecule has 0 aliphatic heterocycles. The van der Waals surface area contributed by atoms with Crippen molar-refractivity contribution in [1.82, 2.24) is 0 Å². The number of hydrogen-bond acceptors (Lipinski definition) is 3. The van der Waals surface area contributed by atoms with Crippen LogP contribution in [0.25, 0.3) is 0 Å². The van der Waals surface area contributed by atoms with Crippen molar-refractivity contribution < 1.29 is 38.2 Å². The molecular formula is C11H19O3PZr-3. The summed E-state index contributed by atoms with van der Waals surface area (Å²) in [6, 6.07) is 2.24. The molecule has 93 valence electrons. The third-order valence-electron chi connectivity index (χ3n) is 2.18. The standard InChI is InChI=1S/C9H13.2CH3O.OP.Zr/c1-6-5-7(2)9(4)8(6)3;3*1-2;/h5H,1-4H3;2*1H3;;/q4*-1;+1. The molecular weight excluding hydrogens is 302 g/mol. The summed E-state index contributed by atoms with van der Waals surface area (Å²) in [6.07, 6.45) is 0. The summed E-state index contributed by atoms with van der Waals surface area (Å²) in [4.78, 5) is 0. The Kier molecular flexibility index (Phi) is 20.8. The molecule has 16 heavy (non-hydrogen) atoms. The van der Waals surface area contributed by atoms with E-state index in [9.17, 15) is 0 Å². The van der Waals surface area contributed by atoms with Crippen molar-refractivity contribution in [3.8, 4) is 0 Å². The maximum absolute atomic E-state index is 8.94. The van der Waals surface area contributed by atoms with E-state index < -0.39 is 0 Å². The summed E-state index contributed by atoms with van der Waals surface area (Å²) in [5, 5.41) is 16.8. The van der Waals surface area contributed by atoms with Gasteiger partial charge >= 0.3 is 33.0 Å². The Balaban J connectivity index is -0.000000206. The zero-order valence-electron chi connectivity index (χ0n) is 10.7. The van der Waals surface area contributed by atoms with Gasteiger partial charge < -0.3 is 10.2 Å². The second-order valence-corrected chi connectivity index (χ2v) is 4.38. The van der Waals surface area contributed by atoms with E-state index in [0.29, 0.717) is 0 Å². The van der Waals surface area contributed by atoms with Crippen LogP contribution in [0.3, 0.4) is 0 Å². The van der Waals surface area contributed by atoms with Crippen LogP contribution in [0.1, 0.15) is 22.3 Å². The van der Waals surface area contributed by atoms with E-state index in [2.05, 4.69) is 33.8 Å². The first kappa shape index (κ1) is 21.6. The van der Waals surface area contributed by atoms with Gasteiger partial charge in [-0.3, -0.25) is 0 Å². The third-order valence-corrected chi connectivity index (χ3v) is 2.18. The molecule has 0 unspecified atom stereocenters. The normalized spacial score (nSPS) is 7.38. The van der Waals surface area contributed by atoms with Crippen molar-refractivity contribution in [3.05, 3.63) is 28.3 Å². The first-order valence-electron chi connectivity index (χ1n) is 4.55. The predicted octanol–water partition coefficient (Wildman–Crippen LogP) is 1.33. The van der Waals surface area contributed by atoms with E-state index in [0.717, 1.165) is 37.6 Å². The van der Waals surface area contributed by atoms with Gasteiger partial charge in [-0.05, 0) is 0 Å². The summed E-state index contributed by atoms with van der Waals surface area (Å²) in [6.45, 7) is 8.68. The van der Waals surface area contributed by atoms with Gasteiger partial charge in [-0.2, -0.15) is 42.5 Å². The molecule has 0 N–H and O–H groups in total. The molecule has 0 amide bonds. The zero-order chi connectivity index (χ0) is 13.7. The van der Waals surface area contributed by atoms with Crippen LogP contribution in [0.2, 0.25) is 0 Å². The molecule has 5 heteroatoms. The fourth-order valence-electron chi connectivity index (χ4n) is 1.13. The minimum atomic E-state index is 0.257. The summed E-state index contributed by atoms with van der Waals surface area (Å²) in [5.74, 6) is 0. The van der Waals surface area contributed by atoms with Crippen LogP contribution in [0, 0.1) is 27.7 Å². The van der Waals surface area contributed by atoms with Crippen molar-refractivity contribution in [2.24, 2.45) is 0 Å². The van der Waals surface area contributed by atoms with Gasteiger partial charge in [0.15, 0.2) is 0 Å². The first-order chi connectivity index (χ1) is 7.54. The molecule has 0 aliphatic carbocycles. The third kappa shape index (κ3) is 9.60. The maximum atomic E-state index is 8.94. The summed E-state index contributed by atoms with van der Waals surface area (Å²) < 4.78 is 8.94. The average Bonchev–Trinajstić information content (AvgIpc) is 2.52. The van der Waals surface area contributed by atoms with Crippen molar-refractivity contribution in [2.75, 3.05) is 14.2 Å². The van der Waals surface area contributed by atoms with E-state index in [1.54, 1.807) is 0 Å². The molecule has 1 aromatic rings. The molecule has 1 rings (SSSR count). The Labute approximate surface area is 113 Å². The Hall–Kier alpha value is 0.383. The molecule has 3 nitrogen and oxygen atoms in total. The fourth-order valence-corrected chi connectivity index (χ4v) is 1.13. The molecule has 0 saturated carbocycles. The van der Waals surface area contributed by atoms with Gasteiger partial charge in [0.05, 0.1) is 0 Å². The van der Waals surface area contributed by atoms with Gasteiger partial charge in [0.1, 0.15) is 0 Å². The van der Waals surface area contributed by atoms with Crippen LogP contribution in [0.15, 0.2) is 6.07 Å². The summed E-state index contributed by atoms with van der Waals surface area (Å²) in [5.41, 5.74) is 5.75. The Morgan fingerprint density at radius 1 is 0.938 bits per heavy atom. The van der Waals surface area contributed by atoms with Gasteiger partial charge in [0, 0.05) is 0 Å². The molecule has 0 spiro atoms. The van der Waals surface area contributed by atoms with Crippen LogP contribution in [-0.4, -0.2) is 14.2 Å². The summed E-state index contributed by atoms with van der Waals surface area (Å²) >= 11 is 1.05. The van der Waals surface area contributed by atoms with E-state index in [1.807, 2.05) is 0 Å². The van der Waals surface area contributed by atoms with Crippen LogP contribution in [0.5, 0.6) is 0 Å². The van der Waals surface area contributed by atoms with Crippen molar-refractivity contribution >= 4 is 5.05 Å². The topological polar surface area (TPSA) is 63.2 Å². The molecule has 0 aromatic heterocycles. The van der Waals surface area contributed by atoms with Gasteiger partial charge in [0.2, 0.25) is 0 Å². The summed E-state index contributed by atoms with van der Waals surface area (Å²) in [7, 11) is 1.50. The van der Waals surface area contributed by atoms with Gasteiger partial charge in [0.25, 0.3) is 0 Å². The molecule has 0 atom stereocenters. The van der Waals surface area contributed by atoms with Crippen LogP contribution in [-0.2, 0) is 27.9 Å². The van der Waals surface area contributed by atoms with Crippen molar-refractivity contribution in [3.63, 3.8) is 0 Å². The molecule has 0 aliphatic rings.